The van der Waals surface area contributed by atoms with Gasteiger partial charge in [0.05, 0.1) is 17.9 Å². The number of anilines is 2. The highest BCUT2D eigenvalue weighted by Crippen LogP contribution is 2.21. The smallest absolute Gasteiger partial charge is 0.224 e. The summed E-state index contributed by atoms with van der Waals surface area (Å²) in [5.74, 6) is 2.21. The van der Waals surface area contributed by atoms with Crippen molar-refractivity contribution in [2.24, 2.45) is 0 Å². The molecule has 0 fully saturated rings. The lowest BCUT2D eigenvalue weighted by atomic mass is 10.3. The fourth-order valence-electron chi connectivity index (χ4n) is 1.43. The molecular formula is C11H13ClN4O. The molecule has 3 N–H and O–H groups in total. The van der Waals surface area contributed by atoms with Crippen molar-refractivity contribution in [3.63, 3.8) is 0 Å². The molecule has 0 atom stereocenters. The lowest BCUT2D eigenvalue weighted by Crippen LogP contribution is -2.07. The first-order valence-electron chi connectivity index (χ1n) is 5.15. The van der Waals surface area contributed by atoms with E-state index < -0.39 is 0 Å². The third kappa shape index (κ3) is 2.68. The average Bonchev–Trinajstić information content (AvgIpc) is 2.67. The molecule has 0 aliphatic rings. The van der Waals surface area contributed by atoms with Crippen molar-refractivity contribution < 1.29 is 4.42 Å². The van der Waals surface area contributed by atoms with Gasteiger partial charge in [0.25, 0.3) is 0 Å². The zero-order valence-corrected chi connectivity index (χ0v) is 10.4. The molecule has 0 aromatic carbocycles. The molecule has 0 saturated heterocycles. The maximum atomic E-state index is 5.84. The van der Waals surface area contributed by atoms with Crippen LogP contribution < -0.4 is 11.1 Å². The summed E-state index contributed by atoms with van der Waals surface area (Å²) in [6.45, 7) is 4.18. The Morgan fingerprint density at radius 2 is 2.12 bits per heavy atom. The van der Waals surface area contributed by atoms with E-state index in [1.807, 2.05) is 19.1 Å². The molecule has 17 heavy (non-hydrogen) atoms. The molecule has 2 aromatic heterocycles. The maximum Gasteiger partial charge on any atom is 0.224 e. The SMILES string of the molecule is Cc1ccc(CNc2nc(Cl)nc(C)c2N)o1. The molecule has 0 aliphatic heterocycles. The van der Waals surface area contributed by atoms with Crippen LogP contribution in [-0.2, 0) is 6.54 Å². The highest BCUT2D eigenvalue weighted by molar-refractivity contribution is 6.28. The van der Waals surface area contributed by atoms with Gasteiger partial charge in [-0.3, -0.25) is 0 Å². The quantitative estimate of drug-likeness (QED) is 0.821. The molecule has 5 nitrogen and oxygen atoms in total. The van der Waals surface area contributed by atoms with E-state index in [2.05, 4.69) is 15.3 Å². The maximum absolute atomic E-state index is 5.84. The van der Waals surface area contributed by atoms with Crippen LogP contribution in [0.25, 0.3) is 0 Å². The van der Waals surface area contributed by atoms with Gasteiger partial charge in [-0.2, -0.15) is 4.98 Å². The Morgan fingerprint density at radius 1 is 1.35 bits per heavy atom. The van der Waals surface area contributed by atoms with Crippen LogP contribution in [0, 0.1) is 13.8 Å². The number of nitrogens with two attached hydrogens (primary N) is 1. The molecule has 90 valence electrons. The second-order valence-corrected chi connectivity index (χ2v) is 4.04. The normalized spacial score (nSPS) is 10.5. The van der Waals surface area contributed by atoms with Crippen molar-refractivity contribution in [1.29, 1.82) is 0 Å². The largest absolute Gasteiger partial charge is 0.465 e. The van der Waals surface area contributed by atoms with Gasteiger partial charge in [0.1, 0.15) is 11.5 Å². The van der Waals surface area contributed by atoms with Gasteiger partial charge in [-0.1, -0.05) is 0 Å². The fourth-order valence-corrected chi connectivity index (χ4v) is 1.64. The molecular weight excluding hydrogens is 240 g/mol. The van der Waals surface area contributed by atoms with E-state index in [-0.39, 0.29) is 5.28 Å². The van der Waals surface area contributed by atoms with Crippen LogP contribution in [0.1, 0.15) is 17.2 Å². The van der Waals surface area contributed by atoms with Crippen molar-refractivity contribution in [3.05, 3.63) is 34.6 Å². The van der Waals surface area contributed by atoms with Crippen LogP contribution in [-0.4, -0.2) is 9.97 Å². The summed E-state index contributed by atoms with van der Waals surface area (Å²) < 4.78 is 5.43. The van der Waals surface area contributed by atoms with E-state index in [0.717, 1.165) is 11.5 Å². The Labute approximate surface area is 104 Å². The van der Waals surface area contributed by atoms with Crippen molar-refractivity contribution in [2.45, 2.75) is 20.4 Å². The minimum atomic E-state index is 0.176. The number of rotatable bonds is 3. The fraction of sp³-hybridized carbons (Fsp3) is 0.273. The number of nitrogen functional groups attached to an aromatic ring is 1. The molecule has 0 radical (unpaired) electrons. The Bertz CT molecular complexity index is 538. The number of hydrogen-bond acceptors (Lipinski definition) is 5. The first-order valence-corrected chi connectivity index (χ1v) is 5.53. The topological polar surface area (TPSA) is 77.0 Å². The van der Waals surface area contributed by atoms with Crippen LogP contribution in [0.2, 0.25) is 5.28 Å². The Kier molecular flexibility index (Phi) is 3.19. The van der Waals surface area contributed by atoms with Crippen LogP contribution >= 0.6 is 11.6 Å². The van der Waals surface area contributed by atoms with Crippen LogP contribution in [0.4, 0.5) is 11.5 Å². The van der Waals surface area contributed by atoms with E-state index in [4.69, 9.17) is 21.8 Å². The van der Waals surface area contributed by atoms with E-state index in [0.29, 0.717) is 23.7 Å². The number of nitrogens with zero attached hydrogens (tertiary/aromatic N) is 2. The zero-order valence-electron chi connectivity index (χ0n) is 9.62. The molecule has 2 aromatic rings. The Hall–Kier alpha value is -1.75. The Balaban J connectivity index is 2.14. The highest BCUT2D eigenvalue weighted by Gasteiger charge is 2.08. The van der Waals surface area contributed by atoms with Gasteiger partial charge in [-0.05, 0) is 37.6 Å². The first-order chi connectivity index (χ1) is 8.06. The van der Waals surface area contributed by atoms with Crippen molar-refractivity contribution in [1.82, 2.24) is 9.97 Å². The van der Waals surface area contributed by atoms with Crippen molar-refractivity contribution >= 4 is 23.1 Å². The summed E-state index contributed by atoms with van der Waals surface area (Å²) in [6, 6.07) is 3.80. The summed E-state index contributed by atoms with van der Waals surface area (Å²) >= 11 is 5.77. The first kappa shape index (κ1) is 11.7. The molecule has 0 unspecified atom stereocenters. The number of aromatic nitrogens is 2. The lowest BCUT2D eigenvalue weighted by Gasteiger charge is -2.08. The van der Waals surface area contributed by atoms with Crippen LogP contribution in [0.5, 0.6) is 0 Å². The minimum absolute atomic E-state index is 0.176. The molecule has 0 spiro atoms. The minimum Gasteiger partial charge on any atom is -0.465 e. The molecule has 0 aliphatic carbocycles. The summed E-state index contributed by atoms with van der Waals surface area (Å²) in [7, 11) is 0. The van der Waals surface area contributed by atoms with Gasteiger partial charge < -0.3 is 15.5 Å². The Morgan fingerprint density at radius 3 is 2.76 bits per heavy atom. The summed E-state index contributed by atoms with van der Waals surface area (Å²) in [4.78, 5) is 7.99. The van der Waals surface area contributed by atoms with Crippen molar-refractivity contribution in [3.8, 4) is 0 Å². The van der Waals surface area contributed by atoms with Crippen molar-refractivity contribution in [2.75, 3.05) is 11.1 Å². The van der Waals surface area contributed by atoms with Gasteiger partial charge >= 0.3 is 0 Å². The molecule has 0 saturated carbocycles. The number of furan rings is 1. The summed E-state index contributed by atoms with van der Waals surface area (Å²) in [6.07, 6.45) is 0. The second-order valence-electron chi connectivity index (χ2n) is 3.71. The van der Waals surface area contributed by atoms with Crippen LogP contribution in [0.3, 0.4) is 0 Å². The molecule has 6 heteroatoms. The molecule has 0 bridgehead atoms. The third-order valence-electron chi connectivity index (χ3n) is 2.34. The van der Waals surface area contributed by atoms with Gasteiger partial charge in [0.2, 0.25) is 5.28 Å². The number of hydrogen-bond donors (Lipinski definition) is 2. The monoisotopic (exact) mass is 252 g/mol. The van der Waals surface area contributed by atoms with Gasteiger partial charge in [0.15, 0.2) is 5.82 Å². The molecule has 2 rings (SSSR count). The molecule has 2 heterocycles. The van der Waals surface area contributed by atoms with E-state index in [1.54, 1.807) is 6.92 Å². The highest BCUT2D eigenvalue weighted by atomic mass is 35.5. The van der Waals surface area contributed by atoms with Gasteiger partial charge in [-0.15, -0.1) is 0 Å². The number of halogens is 1. The van der Waals surface area contributed by atoms with E-state index >= 15 is 0 Å². The third-order valence-corrected chi connectivity index (χ3v) is 2.50. The molecule has 0 amide bonds. The average molecular weight is 253 g/mol. The second kappa shape index (κ2) is 4.63. The van der Waals surface area contributed by atoms with Gasteiger partial charge in [-0.25, -0.2) is 4.98 Å². The predicted molar refractivity (Wildman–Crippen MR) is 67.0 cm³/mol. The summed E-state index contributed by atoms with van der Waals surface area (Å²) in [5.41, 5.74) is 7.00. The van der Waals surface area contributed by atoms with E-state index in [9.17, 15) is 0 Å². The zero-order chi connectivity index (χ0) is 12.4. The van der Waals surface area contributed by atoms with E-state index in [1.165, 1.54) is 0 Å². The lowest BCUT2D eigenvalue weighted by molar-refractivity contribution is 0.490. The summed E-state index contributed by atoms with van der Waals surface area (Å²) in [5, 5.41) is 3.25. The standard InChI is InChI=1S/C11H13ClN4O/c1-6-3-4-8(17-6)5-14-10-9(13)7(2)15-11(12)16-10/h3-4H,5,13H2,1-2H3,(H,14,15,16). The van der Waals surface area contributed by atoms with Gasteiger partial charge in [0, 0.05) is 0 Å². The van der Waals surface area contributed by atoms with Crippen LogP contribution in [0.15, 0.2) is 16.5 Å². The number of nitrogens with one attached hydrogen (secondary N) is 1. The predicted octanol–water partition coefficient (Wildman–Crippen LogP) is 2.53. The number of aryl methyl sites for hydroxylation is 2.